The first-order chi connectivity index (χ1) is 14.4. The second-order valence-electron chi connectivity index (χ2n) is 7.05. The van der Waals surface area contributed by atoms with Gasteiger partial charge in [-0.25, -0.2) is 14.4 Å². The summed E-state index contributed by atoms with van der Waals surface area (Å²) < 4.78 is 54.1. The van der Waals surface area contributed by atoms with Gasteiger partial charge in [0.25, 0.3) is 0 Å². The molecule has 156 valence electrons. The van der Waals surface area contributed by atoms with E-state index in [0.717, 1.165) is 6.07 Å². The number of benzene rings is 1. The molecular weight excluding hydrogens is 398 g/mol. The van der Waals surface area contributed by atoms with E-state index in [-0.39, 0.29) is 23.5 Å². The number of nitrogens with one attached hydrogen (secondary N) is 1. The highest BCUT2D eigenvalue weighted by atomic mass is 19.4. The van der Waals surface area contributed by atoms with E-state index in [9.17, 15) is 17.6 Å². The Labute approximate surface area is 170 Å². The quantitative estimate of drug-likeness (QED) is 0.620. The molecule has 0 saturated carbocycles. The standard InChI is InChI=1S/C21H19F4N5/c22-16-3-1-2-4-17(16)27-15-7-11-30(12-8-15)19-13-18(21(23,24)25)28-20(29-19)14-5-9-26-10-6-14/h1-6,9-10,13,15,27H,7-8,11-12H2. The van der Waals surface area contributed by atoms with Gasteiger partial charge in [-0.05, 0) is 37.1 Å². The zero-order valence-electron chi connectivity index (χ0n) is 15.9. The molecule has 0 amide bonds. The van der Waals surface area contributed by atoms with Gasteiger partial charge >= 0.3 is 6.18 Å². The maximum Gasteiger partial charge on any atom is 0.433 e. The molecule has 1 saturated heterocycles. The third-order valence-corrected chi connectivity index (χ3v) is 4.99. The number of aromatic nitrogens is 3. The molecule has 30 heavy (non-hydrogen) atoms. The van der Waals surface area contributed by atoms with E-state index in [4.69, 9.17) is 0 Å². The van der Waals surface area contributed by atoms with Crippen molar-refractivity contribution >= 4 is 11.5 Å². The summed E-state index contributed by atoms with van der Waals surface area (Å²) >= 11 is 0. The number of halogens is 4. The predicted octanol–water partition coefficient (Wildman–Crippen LogP) is 4.78. The van der Waals surface area contributed by atoms with Gasteiger partial charge in [0, 0.05) is 43.2 Å². The second-order valence-corrected chi connectivity index (χ2v) is 7.05. The van der Waals surface area contributed by atoms with E-state index in [0.29, 0.717) is 37.2 Å². The predicted molar refractivity (Wildman–Crippen MR) is 106 cm³/mol. The van der Waals surface area contributed by atoms with Crippen molar-refractivity contribution in [3.63, 3.8) is 0 Å². The summed E-state index contributed by atoms with van der Waals surface area (Å²) in [5.74, 6) is -0.0881. The van der Waals surface area contributed by atoms with Crippen LogP contribution in [0.1, 0.15) is 18.5 Å². The molecule has 1 N–H and O–H groups in total. The summed E-state index contributed by atoms with van der Waals surface area (Å²) in [7, 11) is 0. The van der Waals surface area contributed by atoms with Crippen LogP contribution in [-0.2, 0) is 6.18 Å². The van der Waals surface area contributed by atoms with Gasteiger partial charge in [-0.1, -0.05) is 12.1 Å². The molecule has 0 radical (unpaired) electrons. The first-order valence-corrected chi connectivity index (χ1v) is 9.53. The minimum absolute atomic E-state index is 0.00818. The Balaban J connectivity index is 1.53. The number of rotatable bonds is 4. The number of piperidine rings is 1. The molecule has 3 aromatic rings. The SMILES string of the molecule is Fc1ccccc1NC1CCN(c2cc(C(F)(F)F)nc(-c3ccncc3)n2)CC1. The van der Waals surface area contributed by atoms with E-state index < -0.39 is 11.9 Å². The molecule has 1 aliphatic rings. The Morgan fingerprint density at radius 2 is 1.67 bits per heavy atom. The van der Waals surface area contributed by atoms with Gasteiger partial charge in [-0.3, -0.25) is 4.98 Å². The number of pyridine rings is 1. The van der Waals surface area contributed by atoms with E-state index in [1.165, 1.54) is 18.5 Å². The molecule has 0 unspecified atom stereocenters. The largest absolute Gasteiger partial charge is 0.433 e. The summed E-state index contributed by atoms with van der Waals surface area (Å²) in [6, 6.07) is 10.6. The first kappa shape index (κ1) is 20.1. The molecule has 0 spiro atoms. The lowest BCUT2D eigenvalue weighted by molar-refractivity contribution is -0.141. The summed E-state index contributed by atoms with van der Waals surface area (Å²) in [4.78, 5) is 13.8. The molecule has 1 aromatic carbocycles. The highest BCUT2D eigenvalue weighted by Gasteiger charge is 2.34. The van der Waals surface area contributed by atoms with Crippen LogP contribution >= 0.6 is 0 Å². The maximum absolute atomic E-state index is 13.8. The molecular formula is C21H19F4N5. The Morgan fingerprint density at radius 3 is 2.33 bits per heavy atom. The molecule has 2 aromatic heterocycles. The molecule has 1 fully saturated rings. The average Bonchev–Trinajstić information content (AvgIpc) is 2.76. The highest BCUT2D eigenvalue weighted by molar-refractivity contribution is 5.57. The lowest BCUT2D eigenvalue weighted by Crippen LogP contribution is -2.39. The van der Waals surface area contributed by atoms with Gasteiger partial charge in [-0.15, -0.1) is 0 Å². The highest BCUT2D eigenvalue weighted by Crippen LogP contribution is 2.32. The summed E-state index contributed by atoms with van der Waals surface area (Å²) in [5.41, 5.74) is -0.0864. The zero-order valence-corrected chi connectivity index (χ0v) is 15.9. The van der Waals surface area contributed by atoms with Crippen LogP contribution in [0.4, 0.5) is 29.1 Å². The van der Waals surface area contributed by atoms with Crippen molar-refractivity contribution in [1.82, 2.24) is 15.0 Å². The normalized spacial score (nSPS) is 15.3. The molecule has 9 heteroatoms. The minimum atomic E-state index is -4.58. The van der Waals surface area contributed by atoms with Crippen molar-refractivity contribution in [2.75, 3.05) is 23.3 Å². The third kappa shape index (κ3) is 4.50. The zero-order chi connectivity index (χ0) is 21.1. The lowest BCUT2D eigenvalue weighted by atomic mass is 10.0. The fourth-order valence-corrected chi connectivity index (χ4v) is 3.42. The van der Waals surface area contributed by atoms with Gasteiger partial charge < -0.3 is 10.2 Å². The number of alkyl halides is 3. The van der Waals surface area contributed by atoms with Crippen LogP contribution in [0.15, 0.2) is 54.9 Å². The number of hydrogen-bond donors (Lipinski definition) is 1. The van der Waals surface area contributed by atoms with Gasteiger partial charge in [0.15, 0.2) is 11.5 Å². The second kappa shape index (κ2) is 8.25. The third-order valence-electron chi connectivity index (χ3n) is 4.99. The topological polar surface area (TPSA) is 53.9 Å². The van der Waals surface area contributed by atoms with Crippen molar-refractivity contribution in [1.29, 1.82) is 0 Å². The van der Waals surface area contributed by atoms with Crippen LogP contribution in [0.5, 0.6) is 0 Å². The summed E-state index contributed by atoms with van der Waals surface area (Å²) in [5, 5.41) is 3.17. The number of para-hydroxylation sites is 1. The average molecular weight is 417 g/mol. The van der Waals surface area contributed by atoms with Crippen molar-refractivity contribution in [2.45, 2.75) is 25.1 Å². The van der Waals surface area contributed by atoms with Crippen molar-refractivity contribution in [3.05, 3.63) is 66.4 Å². The number of hydrogen-bond acceptors (Lipinski definition) is 5. The molecule has 3 heterocycles. The molecule has 0 bridgehead atoms. The Hall–Kier alpha value is -3.23. The number of nitrogens with zero attached hydrogens (tertiary/aromatic N) is 4. The van der Waals surface area contributed by atoms with Crippen molar-refractivity contribution in [2.24, 2.45) is 0 Å². The van der Waals surface area contributed by atoms with E-state index in [1.54, 1.807) is 35.2 Å². The Morgan fingerprint density at radius 1 is 0.967 bits per heavy atom. The minimum Gasteiger partial charge on any atom is -0.380 e. The summed E-state index contributed by atoms with van der Waals surface area (Å²) in [6.07, 6.45) is -0.324. The van der Waals surface area contributed by atoms with Crippen LogP contribution in [0, 0.1) is 5.82 Å². The van der Waals surface area contributed by atoms with Crippen LogP contribution in [0.2, 0.25) is 0 Å². The van der Waals surface area contributed by atoms with Gasteiger partial charge in [0.2, 0.25) is 0 Å². The smallest absolute Gasteiger partial charge is 0.380 e. The Bertz CT molecular complexity index is 1000. The fourth-order valence-electron chi connectivity index (χ4n) is 3.42. The molecule has 4 rings (SSSR count). The van der Waals surface area contributed by atoms with Gasteiger partial charge in [0.1, 0.15) is 11.6 Å². The molecule has 0 aliphatic carbocycles. The van der Waals surface area contributed by atoms with E-state index >= 15 is 0 Å². The van der Waals surface area contributed by atoms with E-state index in [2.05, 4.69) is 20.3 Å². The molecule has 5 nitrogen and oxygen atoms in total. The molecule has 0 atom stereocenters. The van der Waals surface area contributed by atoms with Gasteiger partial charge in [0.05, 0.1) is 5.69 Å². The van der Waals surface area contributed by atoms with Crippen LogP contribution in [0.3, 0.4) is 0 Å². The molecule has 1 aliphatic heterocycles. The van der Waals surface area contributed by atoms with Crippen molar-refractivity contribution in [3.8, 4) is 11.4 Å². The van der Waals surface area contributed by atoms with Crippen LogP contribution in [-0.4, -0.2) is 34.1 Å². The Kier molecular flexibility index (Phi) is 5.52. The van der Waals surface area contributed by atoms with Gasteiger partial charge in [-0.2, -0.15) is 13.2 Å². The van der Waals surface area contributed by atoms with Crippen molar-refractivity contribution < 1.29 is 17.6 Å². The number of anilines is 2. The van der Waals surface area contributed by atoms with E-state index in [1.807, 2.05) is 0 Å². The fraction of sp³-hybridized carbons (Fsp3) is 0.286. The lowest BCUT2D eigenvalue weighted by Gasteiger charge is -2.34. The maximum atomic E-state index is 13.8. The monoisotopic (exact) mass is 417 g/mol. The van der Waals surface area contributed by atoms with Crippen LogP contribution < -0.4 is 10.2 Å². The first-order valence-electron chi connectivity index (χ1n) is 9.53. The summed E-state index contributed by atoms with van der Waals surface area (Å²) in [6.45, 7) is 0.992. The van der Waals surface area contributed by atoms with Crippen LogP contribution in [0.25, 0.3) is 11.4 Å².